The average Bonchev–Trinajstić information content (AvgIpc) is 3.10. The van der Waals surface area contributed by atoms with Crippen LogP contribution in [0.5, 0.6) is 0 Å². The number of nitrogens with zero attached hydrogens (tertiary/aromatic N) is 4. The Morgan fingerprint density at radius 3 is 2.83 bits per heavy atom. The van der Waals surface area contributed by atoms with E-state index in [1.54, 1.807) is 36.3 Å². The monoisotopic (exact) mass is 348 g/mol. The van der Waals surface area contributed by atoms with Gasteiger partial charge in [0, 0.05) is 23.8 Å². The molecule has 1 aromatic heterocycles. The van der Waals surface area contributed by atoms with E-state index >= 15 is 0 Å². The van der Waals surface area contributed by atoms with Crippen molar-refractivity contribution in [1.82, 2.24) is 4.98 Å². The fourth-order valence-electron chi connectivity index (χ4n) is 2.20. The minimum Gasteiger partial charge on any atom is -0.273 e. The molecule has 0 aliphatic rings. The molecule has 0 spiro atoms. The van der Waals surface area contributed by atoms with E-state index in [9.17, 15) is 4.79 Å². The van der Waals surface area contributed by atoms with Crippen LogP contribution in [0.25, 0.3) is 0 Å². The molecule has 2 aromatic rings. The lowest BCUT2D eigenvalue weighted by atomic mass is 10.0. The van der Waals surface area contributed by atoms with Crippen LogP contribution < -0.4 is 5.01 Å². The Balaban J connectivity index is 2.38. The zero-order valence-electron chi connectivity index (χ0n) is 13.5. The number of carbonyl (C=O) groups is 1. The predicted octanol–water partition coefficient (Wildman–Crippen LogP) is 4.74. The lowest BCUT2D eigenvalue weighted by Crippen LogP contribution is -2.25. The molecule has 2 rings (SSSR count). The van der Waals surface area contributed by atoms with Gasteiger partial charge in [-0.25, -0.2) is 4.98 Å². The van der Waals surface area contributed by atoms with Gasteiger partial charge in [0.1, 0.15) is 4.34 Å². The largest absolute Gasteiger partial charge is 0.273 e. The van der Waals surface area contributed by atoms with Crippen LogP contribution in [0.2, 0.25) is 0 Å². The van der Waals surface area contributed by atoms with Crippen LogP contribution in [-0.2, 0) is 17.0 Å². The highest BCUT2D eigenvalue weighted by molar-refractivity contribution is 8.00. The molecule has 122 valence electrons. The highest BCUT2D eigenvalue weighted by Crippen LogP contribution is 2.33. The molecule has 0 aliphatic carbocycles. The number of anilines is 1. The first-order valence-corrected chi connectivity index (χ1v) is 9.33. The van der Waals surface area contributed by atoms with Gasteiger partial charge >= 0.3 is 0 Å². The summed E-state index contributed by atoms with van der Waals surface area (Å²) in [6.45, 7) is 3.94. The van der Waals surface area contributed by atoms with E-state index in [2.05, 4.69) is 28.3 Å². The number of carbonyl (C=O) groups excluding carboxylic acids is 1. The fourth-order valence-corrected chi connectivity index (χ4v) is 3.92. The molecule has 0 saturated heterocycles. The number of hydrogen-bond donors (Lipinski definition) is 0. The second-order valence-electron chi connectivity index (χ2n) is 4.70. The molecule has 0 aliphatic heterocycles. The molecule has 1 amide bonds. The topological polar surface area (TPSA) is 57.9 Å². The average molecular weight is 348 g/mol. The van der Waals surface area contributed by atoms with Gasteiger partial charge in [-0.1, -0.05) is 43.0 Å². The number of thiazole rings is 1. The lowest BCUT2D eigenvalue weighted by molar-refractivity contribution is -0.118. The first-order valence-electron chi connectivity index (χ1n) is 7.47. The zero-order chi connectivity index (χ0) is 16.7. The Bertz CT molecular complexity index is 671. The van der Waals surface area contributed by atoms with Crippen molar-refractivity contribution >= 4 is 34.7 Å². The van der Waals surface area contributed by atoms with Crippen molar-refractivity contribution in [1.29, 1.82) is 0 Å². The normalized spacial score (nSPS) is 11.1. The molecule has 5 nitrogen and oxygen atoms in total. The van der Waals surface area contributed by atoms with E-state index < -0.39 is 0 Å². The smallest absolute Gasteiger partial charge is 0.248 e. The molecule has 0 N–H and O–H groups in total. The van der Waals surface area contributed by atoms with Gasteiger partial charge in [-0.15, -0.1) is 11.3 Å². The third-order valence-corrected chi connectivity index (χ3v) is 5.32. The Labute approximate surface area is 144 Å². The van der Waals surface area contributed by atoms with Crippen LogP contribution in [0, 0.1) is 0 Å². The number of rotatable bonds is 7. The van der Waals surface area contributed by atoms with Crippen LogP contribution in [0.1, 0.15) is 31.4 Å². The summed E-state index contributed by atoms with van der Waals surface area (Å²) in [6, 6.07) is 5.99. The van der Waals surface area contributed by atoms with Gasteiger partial charge in [-0.05, 0) is 23.6 Å². The number of thioether (sulfide) groups is 1. The molecular weight excluding hydrogens is 328 g/mol. The quantitative estimate of drug-likeness (QED) is 0.412. The summed E-state index contributed by atoms with van der Waals surface area (Å²) in [5.74, 6) is 0.684. The van der Waals surface area contributed by atoms with Crippen molar-refractivity contribution in [3.8, 4) is 0 Å². The lowest BCUT2D eigenvalue weighted by Gasteiger charge is -2.20. The van der Waals surface area contributed by atoms with Crippen LogP contribution >= 0.6 is 23.1 Å². The van der Waals surface area contributed by atoms with Crippen molar-refractivity contribution in [3.05, 3.63) is 40.9 Å². The maximum Gasteiger partial charge on any atom is 0.248 e. The summed E-state index contributed by atoms with van der Waals surface area (Å²) in [4.78, 5) is 16.6. The van der Waals surface area contributed by atoms with Crippen LogP contribution in [0.15, 0.2) is 44.5 Å². The molecular formula is C16H20N4OS2. The number of aromatic nitrogens is 1. The molecule has 0 fully saturated rings. The second kappa shape index (κ2) is 8.79. The SMILES string of the molecule is CCC(=O)N(/N=N\C)c1cccc(CC)c1CSc1nccs1. The molecule has 7 heteroatoms. The Morgan fingerprint density at radius 2 is 2.22 bits per heavy atom. The molecule has 0 bridgehead atoms. The number of amides is 1. The predicted molar refractivity (Wildman–Crippen MR) is 96.1 cm³/mol. The summed E-state index contributed by atoms with van der Waals surface area (Å²) in [5.41, 5.74) is 3.14. The Morgan fingerprint density at radius 1 is 1.39 bits per heavy atom. The number of aryl methyl sites for hydroxylation is 1. The van der Waals surface area contributed by atoms with Gasteiger partial charge in [0.2, 0.25) is 5.91 Å². The number of hydrogen-bond acceptors (Lipinski definition) is 6. The summed E-state index contributed by atoms with van der Waals surface area (Å²) in [5, 5.41) is 11.2. The van der Waals surface area contributed by atoms with Gasteiger partial charge in [0.05, 0.1) is 12.7 Å². The van der Waals surface area contributed by atoms with Crippen molar-refractivity contribution in [2.24, 2.45) is 10.3 Å². The van der Waals surface area contributed by atoms with Gasteiger partial charge in [-0.2, -0.15) is 10.1 Å². The molecule has 23 heavy (non-hydrogen) atoms. The zero-order valence-corrected chi connectivity index (χ0v) is 15.2. The first-order chi connectivity index (χ1) is 11.2. The molecule has 1 aromatic carbocycles. The van der Waals surface area contributed by atoms with E-state index in [0.29, 0.717) is 6.42 Å². The second-order valence-corrected chi connectivity index (χ2v) is 6.82. The maximum absolute atomic E-state index is 12.2. The fraction of sp³-hybridized carbons (Fsp3) is 0.375. The van der Waals surface area contributed by atoms with Crippen molar-refractivity contribution < 1.29 is 4.79 Å². The third kappa shape index (κ3) is 4.39. The van der Waals surface area contributed by atoms with Gasteiger partial charge in [-0.3, -0.25) is 4.79 Å². The van der Waals surface area contributed by atoms with Crippen molar-refractivity contribution in [3.63, 3.8) is 0 Å². The van der Waals surface area contributed by atoms with E-state index in [1.165, 1.54) is 10.6 Å². The summed E-state index contributed by atoms with van der Waals surface area (Å²) in [7, 11) is 1.57. The molecule has 0 unspecified atom stereocenters. The standard InChI is InChI=1S/C16H20N4OS2/c1-4-12-7-6-8-14(20(19-17-3)15(21)5-2)13(12)11-23-16-18-9-10-22-16/h6-10H,4-5,11H2,1-3H3/b19-17-. The minimum absolute atomic E-state index is 0.0654. The molecule has 0 atom stereocenters. The number of benzene rings is 1. The van der Waals surface area contributed by atoms with Crippen LogP contribution in [-0.4, -0.2) is 17.9 Å². The highest BCUT2D eigenvalue weighted by Gasteiger charge is 2.19. The third-order valence-electron chi connectivity index (χ3n) is 3.32. The van der Waals surface area contributed by atoms with E-state index in [-0.39, 0.29) is 5.91 Å². The van der Waals surface area contributed by atoms with Crippen LogP contribution in [0.3, 0.4) is 0 Å². The van der Waals surface area contributed by atoms with Gasteiger partial charge in [0.25, 0.3) is 0 Å². The maximum atomic E-state index is 12.2. The highest BCUT2D eigenvalue weighted by atomic mass is 32.2. The van der Waals surface area contributed by atoms with Gasteiger partial charge < -0.3 is 0 Å². The first kappa shape index (κ1) is 17.6. The van der Waals surface area contributed by atoms with Crippen molar-refractivity contribution in [2.45, 2.75) is 36.8 Å². The minimum atomic E-state index is -0.0654. The molecule has 0 radical (unpaired) electrons. The summed E-state index contributed by atoms with van der Waals surface area (Å²) < 4.78 is 1.02. The molecule has 0 saturated carbocycles. The molecule has 1 heterocycles. The Kier molecular flexibility index (Phi) is 6.73. The van der Waals surface area contributed by atoms with Crippen molar-refractivity contribution in [2.75, 3.05) is 12.1 Å². The van der Waals surface area contributed by atoms with E-state index in [0.717, 1.165) is 27.8 Å². The van der Waals surface area contributed by atoms with Gasteiger partial charge in [0.15, 0.2) is 0 Å². The Hall–Kier alpha value is -1.73. The summed E-state index contributed by atoms with van der Waals surface area (Å²) >= 11 is 3.30. The summed E-state index contributed by atoms with van der Waals surface area (Å²) in [6.07, 6.45) is 3.09. The van der Waals surface area contributed by atoms with Crippen LogP contribution in [0.4, 0.5) is 5.69 Å². The van der Waals surface area contributed by atoms with E-state index in [4.69, 9.17) is 0 Å². The van der Waals surface area contributed by atoms with E-state index in [1.807, 2.05) is 24.4 Å².